The van der Waals surface area contributed by atoms with E-state index in [2.05, 4.69) is 38.0 Å². The third-order valence-electron chi connectivity index (χ3n) is 5.44. The molecular formula is C27H34Cl3N3O. The Morgan fingerprint density at radius 2 is 1.44 bits per heavy atom. The van der Waals surface area contributed by atoms with Gasteiger partial charge in [-0.05, 0) is 88.4 Å². The fourth-order valence-electron chi connectivity index (χ4n) is 3.77. The number of nitrogens with one attached hydrogen (secondary N) is 3. The molecule has 0 aromatic heterocycles. The van der Waals surface area contributed by atoms with Crippen LogP contribution in [-0.2, 0) is 0 Å². The van der Waals surface area contributed by atoms with E-state index in [1.54, 1.807) is 4.90 Å². The van der Waals surface area contributed by atoms with Crippen LogP contribution < -0.4 is 44.8 Å². The van der Waals surface area contributed by atoms with Gasteiger partial charge in [0, 0.05) is 5.02 Å². The van der Waals surface area contributed by atoms with E-state index in [1.165, 1.54) is 0 Å². The van der Waals surface area contributed by atoms with Gasteiger partial charge >= 0.3 is 0 Å². The molecular weight excluding hydrogens is 489 g/mol. The maximum atomic E-state index is 6.08. The molecule has 0 saturated heterocycles. The van der Waals surface area contributed by atoms with Crippen LogP contribution in [0.2, 0.25) is 5.02 Å². The minimum atomic E-state index is 0. The lowest BCUT2D eigenvalue weighted by Crippen LogP contribution is -3.18. The summed E-state index contributed by atoms with van der Waals surface area (Å²) >= 11 is 6.08. The molecule has 3 N–H and O–H groups in total. The van der Waals surface area contributed by atoms with Crippen LogP contribution in [0.4, 0.5) is 11.4 Å². The lowest BCUT2D eigenvalue weighted by Gasteiger charge is -2.27. The lowest BCUT2D eigenvalue weighted by atomic mass is 10.2. The predicted molar refractivity (Wildman–Crippen MR) is 134 cm³/mol. The standard InChI is InChI=1S/C27H32ClN3O.2ClH/c1-20(2)31(21(3)4)18-19-32-26-16-14-25(15-17-26)30-27(22-10-12-23(28)13-11-22)29-24-8-6-5-7-9-24;;/h5-17,20-21H,18-19H2,1-4H3,(H,29,30);2*1H. The molecule has 0 aliphatic heterocycles. The van der Waals surface area contributed by atoms with E-state index in [4.69, 9.17) is 16.3 Å². The van der Waals surface area contributed by atoms with E-state index in [0.29, 0.717) is 23.7 Å². The number of anilines is 1. The maximum absolute atomic E-state index is 6.08. The van der Waals surface area contributed by atoms with Gasteiger partial charge in [-0.25, -0.2) is 10.3 Å². The molecule has 0 radical (unpaired) electrons. The maximum Gasteiger partial charge on any atom is 0.285 e. The second-order valence-electron chi connectivity index (χ2n) is 8.51. The highest BCUT2D eigenvalue weighted by atomic mass is 35.5. The summed E-state index contributed by atoms with van der Waals surface area (Å²) in [7, 11) is 0. The number of quaternary nitrogens is 1. The fraction of sp³-hybridized carbons (Fsp3) is 0.296. The van der Waals surface area contributed by atoms with Crippen LogP contribution in [-0.4, -0.2) is 31.1 Å². The highest BCUT2D eigenvalue weighted by Gasteiger charge is 2.17. The largest absolute Gasteiger partial charge is 1.00 e. The van der Waals surface area contributed by atoms with E-state index in [0.717, 1.165) is 35.1 Å². The van der Waals surface area contributed by atoms with Crippen LogP contribution in [0.3, 0.4) is 0 Å². The smallest absolute Gasteiger partial charge is 0.285 e. The summed E-state index contributed by atoms with van der Waals surface area (Å²) < 4.78 is 6.00. The normalized spacial score (nSPS) is 11.2. The van der Waals surface area contributed by atoms with Gasteiger partial charge in [-0.15, -0.1) is 0 Å². The van der Waals surface area contributed by atoms with Crippen molar-refractivity contribution < 1.29 is 39.4 Å². The van der Waals surface area contributed by atoms with E-state index >= 15 is 0 Å². The monoisotopic (exact) mass is 521 g/mol. The molecule has 0 heterocycles. The molecule has 3 aromatic carbocycles. The van der Waals surface area contributed by atoms with Crippen molar-refractivity contribution in [1.82, 2.24) is 0 Å². The minimum absolute atomic E-state index is 0. The number of benzene rings is 3. The Labute approximate surface area is 221 Å². The van der Waals surface area contributed by atoms with Gasteiger partial charge in [0.05, 0.1) is 17.6 Å². The number of hydrogen-bond donors (Lipinski definition) is 3. The SMILES string of the molecule is CC(C)[NH+](CCOc1ccc([NH+]=C(Nc2ccccc2)c2ccc(Cl)cc2)cc1)C(C)C.[Cl-].[Cl-]. The zero-order valence-corrected chi connectivity index (χ0v) is 22.4. The van der Waals surface area contributed by atoms with Crippen molar-refractivity contribution in [1.29, 1.82) is 0 Å². The molecule has 0 aliphatic carbocycles. The topological polar surface area (TPSA) is 39.7 Å². The van der Waals surface area contributed by atoms with Crippen molar-refractivity contribution in [2.45, 2.75) is 39.8 Å². The summed E-state index contributed by atoms with van der Waals surface area (Å²) in [4.78, 5) is 5.05. The predicted octanol–water partition coefficient (Wildman–Crippen LogP) is -2.30. The van der Waals surface area contributed by atoms with Crippen LogP contribution >= 0.6 is 11.6 Å². The number of ether oxygens (including phenoxy) is 1. The van der Waals surface area contributed by atoms with E-state index in [9.17, 15) is 0 Å². The zero-order valence-electron chi connectivity index (χ0n) is 20.1. The molecule has 0 fully saturated rings. The Balaban J connectivity index is 0.00000289. The average molecular weight is 523 g/mol. The van der Waals surface area contributed by atoms with Gasteiger partial charge in [-0.1, -0.05) is 29.8 Å². The summed E-state index contributed by atoms with van der Waals surface area (Å²) in [6, 6.07) is 27.1. The van der Waals surface area contributed by atoms with Gasteiger partial charge in [0.1, 0.15) is 30.3 Å². The first-order valence-electron chi connectivity index (χ1n) is 11.2. The summed E-state index contributed by atoms with van der Waals surface area (Å²) in [6.07, 6.45) is 0. The molecule has 0 aliphatic rings. The third-order valence-corrected chi connectivity index (χ3v) is 5.69. The number of halogens is 3. The molecule has 0 spiro atoms. The van der Waals surface area contributed by atoms with Crippen molar-refractivity contribution in [2.75, 3.05) is 18.5 Å². The minimum Gasteiger partial charge on any atom is -1.00 e. The van der Waals surface area contributed by atoms with Crippen molar-refractivity contribution in [2.24, 2.45) is 0 Å². The zero-order chi connectivity index (χ0) is 22.9. The van der Waals surface area contributed by atoms with Crippen LogP contribution in [0.25, 0.3) is 0 Å². The molecule has 0 unspecified atom stereocenters. The average Bonchev–Trinajstić information content (AvgIpc) is 2.78. The van der Waals surface area contributed by atoms with E-state index in [1.807, 2.05) is 78.9 Å². The Hall–Kier alpha value is -2.24. The van der Waals surface area contributed by atoms with Gasteiger partial charge in [0.25, 0.3) is 5.84 Å². The molecule has 3 rings (SSSR count). The van der Waals surface area contributed by atoms with E-state index < -0.39 is 0 Å². The number of rotatable bonds is 9. The van der Waals surface area contributed by atoms with Crippen LogP contribution in [0, 0.1) is 0 Å². The van der Waals surface area contributed by atoms with Crippen LogP contribution in [0.5, 0.6) is 5.75 Å². The first-order chi connectivity index (χ1) is 15.4. The summed E-state index contributed by atoms with van der Waals surface area (Å²) in [5.74, 6) is 1.76. The molecule has 0 atom stereocenters. The Morgan fingerprint density at radius 1 is 0.853 bits per heavy atom. The highest BCUT2D eigenvalue weighted by molar-refractivity contribution is 6.30. The van der Waals surface area contributed by atoms with Gasteiger partial charge in [-0.2, -0.15) is 0 Å². The third kappa shape index (κ3) is 9.19. The first kappa shape index (κ1) is 29.8. The Morgan fingerprint density at radius 3 is 2.00 bits per heavy atom. The molecule has 34 heavy (non-hydrogen) atoms. The molecule has 0 bridgehead atoms. The molecule has 3 aromatic rings. The van der Waals surface area contributed by atoms with Crippen LogP contribution in [0.15, 0.2) is 78.9 Å². The number of hydrogen-bond acceptors (Lipinski definition) is 1. The van der Waals surface area contributed by atoms with Gasteiger partial charge in [0.15, 0.2) is 0 Å². The Kier molecular flexibility index (Phi) is 13.1. The molecule has 7 heteroatoms. The molecule has 4 nitrogen and oxygen atoms in total. The lowest BCUT2D eigenvalue weighted by molar-refractivity contribution is -0.942. The summed E-state index contributed by atoms with van der Waals surface area (Å²) in [5, 5.41) is 4.19. The van der Waals surface area contributed by atoms with Crippen LogP contribution in [0.1, 0.15) is 33.3 Å². The van der Waals surface area contributed by atoms with Crippen molar-refractivity contribution in [3.63, 3.8) is 0 Å². The van der Waals surface area contributed by atoms with Crippen molar-refractivity contribution >= 4 is 28.8 Å². The molecule has 184 valence electrons. The summed E-state index contributed by atoms with van der Waals surface area (Å²) in [6.45, 7) is 10.7. The van der Waals surface area contributed by atoms with Crippen molar-refractivity contribution in [3.05, 3.63) is 89.4 Å². The molecule has 0 amide bonds. The number of para-hydroxylation sites is 1. The second kappa shape index (κ2) is 14.9. The van der Waals surface area contributed by atoms with E-state index in [-0.39, 0.29) is 24.8 Å². The van der Waals surface area contributed by atoms with Gasteiger partial charge in [-0.3, -0.25) is 0 Å². The summed E-state index contributed by atoms with van der Waals surface area (Å²) in [5.41, 5.74) is 3.00. The van der Waals surface area contributed by atoms with Crippen molar-refractivity contribution in [3.8, 4) is 5.75 Å². The Bertz CT molecular complexity index is 984. The fourth-order valence-corrected chi connectivity index (χ4v) is 3.89. The number of amidine groups is 1. The second-order valence-corrected chi connectivity index (χ2v) is 8.94. The highest BCUT2D eigenvalue weighted by Crippen LogP contribution is 2.14. The quantitative estimate of drug-likeness (QED) is 0.219. The van der Waals surface area contributed by atoms with Gasteiger partial charge in [0.2, 0.25) is 0 Å². The van der Waals surface area contributed by atoms with Gasteiger partial charge < -0.3 is 34.5 Å². The first-order valence-corrected chi connectivity index (χ1v) is 11.6. The molecule has 0 saturated carbocycles.